The summed E-state index contributed by atoms with van der Waals surface area (Å²) >= 11 is 0. The van der Waals surface area contributed by atoms with Gasteiger partial charge in [-0.3, -0.25) is 0 Å². The Kier molecular flexibility index (Phi) is 3.65. The van der Waals surface area contributed by atoms with Crippen LogP contribution in [0.5, 0.6) is 0 Å². The lowest BCUT2D eigenvalue weighted by Crippen LogP contribution is -2.40. The van der Waals surface area contributed by atoms with Crippen LogP contribution in [0.15, 0.2) is 17.4 Å². The lowest BCUT2D eigenvalue weighted by atomic mass is 10.5. The van der Waals surface area contributed by atoms with Crippen molar-refractivity contribution < 1.29 is 28.6 Å². The standard InChI is InChI=1S/C12H17N3O6/c1-2-14(20-7-10-4-17-10)15(21-8-11-5-18-11)13-12(1)19-6-9-3-16-9/h1-2,9-11H,3-8H2. The topological polar surface area (TPSA) is 84.1 Å². The summed E-state index contributed by atoms with van der Waals surface area (Å²) in [6, 6.07) is 0. The van der Waals surface area contributed by atoms with Gasteiger partial charge in [0.15, 0.2) is 0 Å². The van der Waals surface area contributed by atoms with Crippen molar-refractivity contribution in [1.82, 2.24) is 10.5 Å². The van der Waals surface area contributed by atoms with Crippen molar-refractivity contribution in [2.24, 2.45) is 5.10 Å². The van der Waals surface area contributed by atoms with Gasteiger partial charge in [0.2, 0.25) is 5.90 Å². The van der Waals surface area contributed by atoms with Crippen LogP contribution in [0.4, 0.5) is 0 Å². The highest BCUT2D eigenvalue weighted by Crippen LogP contribution is 2.17. The number of nitrogens with zero attached hydrogens (tertiary/aromatic N) is 3. The quantitative estimate of drug-likeness (QED) is 0.551. The smallest absolute Gasteiger partial charge is 0.237 e. The Morgan fingerprint density at radius 1 is 1.00 bits per heavy atom. The molecule has 21 heavy (non-hydrogen) atoms. The summed E-state index contributed by atoms with van der Waals surface area (Å²) in [6.07, 6.45) is 3.86. The van der Waals surface area contributed by atoms with E-state index in [2.05, 4.69) is 5.10 Å². The maximum atomic E-state index is 5.55. The fourth-order valence-corrected chi connectivity index (χ4v) is 1.58. The SMILES string of the molecule is C1=CN(OCC2CO2)N(OCC2CO2)N=C1OCC1CO1. The predicted molar refractivity (Wildman–Crippen MR) is 67.3 cm³/mol. The Balaban J connectivity index is 1.31. The molecule has 0 aromatic heterocycles. The minimum absolute atomic E-state index is 0.129. The van der Waals surface area contributed by atoms with E-state index in [0.717, 1.165) is 13.2 Å². The first-order chi connectivity index (χ1) is 10.4. The fraction of sp³-hybridized carbons (Fsp3) is 0.750. The summed E-state index contributed by atoms with van der Waals surface area (Å²) in [6.45, 7) is 3.54. The van der Waals surface area contributed by atoms with E-state index in [1.54, 1.807) is 12.3 Å². The molecule has 4 heterocycles. The van der Waals surface area contributed by atoms with Crippen molar-refractivity contribution in [3.63, 3.8) is 0 Å². The number of hydrogen-bond donors (Lipinski definition) is 0. The zero-order chi connectivity index (χ0) is 14.1. The summed E-state index contributed by atoms with van der Waals surface area (Å²) in [5.41, 5.74) is 0. The number of hydroxylamine groups is 1. The first-order valence-corrected chi connectivity index (χ1v) is 6.96. The van der Waals surface area contributed by atoms with Crippen molar-refractivity contribution >= 4 is 5.90 Å². The van der Waals surface area contributed by atoms with Gasteiger partial charge in [-0.2, -0.15) is 0 Å². The molecule has 3 unspecified atom stereocenters. The summed E-state index contributed by atoms with van der Waals surface area (Å²) in [4.78, 5) is 11.1. The molecule has 0 bridgehead atoms. The van der Waals surface area contributed by atoms with E-state index in [1.807, 2.05) is 0 Å². The van der Waals surface area contributed by atoms with Crippen LogP contribution in [0, 0.1) is 0 Å². The minimum atomic E-state index is 0.129. The first kappa shape index (κ1) is 13.3. The van der Waals surface area contributed by atoms with Crippen LogP contribution in [0.3, 0.4) is 0 Å². The van der Waals surface area contributed by atoms with E-state index in [1.165, 1.54) is 10.5 Å². The highest BCUT2D eigenvalue weighted by atomic mass is 16.9. The van der Waals surface area contributed by atoms with E-state index >= 15 is 0 Å². The Morgan fingerprint density at radius 2 is 1.62 bits per heavy atom. The van der Waals surface area contributed by atoms with Gasteiger partial charge >= 0.3 is 0 Å². The van der Waals surface area contributed by atoms with Gasteiger partial charge in [0, 0.05) is 6.08 Å². The average molecular weight is 299 g/mol. The summed E-state index contributed by atoms with van der Waals surface area (Å²) < 4.78 is 20.8. The Hall–Kier alpha value is -1.39. The maximum Gasteiger partial charge on any atom is 0.237 e. The molecule has 9 nitrogen and oxygen atoms in total. The fourth-order valence-electron chi connectivity index (χ4n) is 1.58. The molecule has 4 aliphatic heterocycles. The lowest BCUT2D eigenvalue weighted by Gasteiger charge is -2.30. The van der Waals surface area contributed by atoms with Gasteiger partial charge < -0.3 is 18.9 Å². The van der Waals surface area contributed by atoms with E-state index < -0.39 is 0 Å². The molecule has 0 amide bonds. The first-order valence-electron chi connectivity index (χ1n) is 6.96. The third-order valence-electron chi connectivity index (χ3n) is 3.09. The molecule has 0 aromatic rings. The van der Waals surface area contributed by atoms with Gasteiger partial charge in [-0.15, -0.1) is 5.17 Å². The van der Waals surface area contributed by atoms with Crippen LogP contribution >= 0.6 is 0 Å². The third-order valence-corrected chi connectivity index (χ3v) is 3.09. The second kappa shape index (κ2) is 5.78. The number of epoxide rings is 3. The van der Waals surface area contributed by atoms with Crippen LogP contribution in [0.2, 0.25) is 0 Å². The average Bonchev–Trinajstić information content (AvgIpc) is 3.39. The third kappa shape index (κ3) is 4.05. The highest BCUT2D eigenvalue weighted by molar-refractivity contribution is 5.87. The Labute approximate surface area is 121 Å². The number of ether oxygens (including phenoxy) is 4. The Morgan fingerprint density at radius 3 is 2.29 bits per heavy atom. The van der Waals surface area contributed by atoms with Crippen molar-refractivity contribution in [2.45, 2.75) is 18.3 Å². The van der Waals surface area contributed by atoms with Gasteiger partial charge in [0.25, 0.3) is 0 Å². The Bertz CT molecular complexity index is 433. The monoisotopic (exact) mass is 299 g/mol. The second-order valence-corrected chi connectivity index (χ2v) is 5.08. The van der Waals surface area contributed by atoms with Gasteiger partial charge in [-0.05, 0) is 5.28 Å². The van der Waals surface area contributed by atoms with Gasteiger partial charge in [-0.1, -0.05) is 5.10 Å². The molecule has 3 fully saturated rings. The molecule has 9 heteroatoms. The zero-order valence-electron chi connectivity index (χ0n) is 11.4. The second-order valence-electron chi connectivity index (χ2n) is 5.08. The van der Waals surface area contributed by atoms with Gasteiger partial charge in [0.05, 0.1) is 26.0 Å². The number of rotatable bonds is 8. The van der Waals surface area contributed by atoms with E-state index in [9.17, 15) is 0 Å². The van der Waals surface area contributed by atoms with Crippen molar-refractivity contribution in [2.75, 3.05) is 39.6 Å². The highest BCUT2D eigenvalue weighted by Gasteiger charge is 2.30. The van der Waals surface area contributed by atoms with Crippen LogP contribution in [-0.2, 0) is 28.6 Å². The predicted octanol–water partition coefficient (Wildman–Crippen LogP) is -0.578. The summed E-state index contributed by atoms with van der Waals surface area (Å²) in [7, 11) is 0. The van der Waals surface area contributed by atoms with Gasteiger partial charge in [-0.25, -0.2) is 9.68 Å². The van der Waals surface area contributed by atoms with Crippen molar-refractivity contribution in [3.8, 4) is 0 Å². The van der Waals surface area contributed by atoms with Crippen LogP contribution in [-0.4, -0.2) is 74.3 Å². The normalized spacial score (nSPS) is 33.0. The summed E-state index contributed by atoms with van der Waals surface area (Å²) in [5, 5.41) is 6.89. The molecule has 0 saturated carbocycles. The van der Waals surface area contributed by atoms with Crippen LogP contribution in [0.1, 0.15) is 0 Å². The largest absolute Gasteiger partial charge is 0.474 e. The van der Waals surface area contributed by atoms with E-state index in [4.69, 9.17) is 28.6 Å². The molecule has 4 aliphatic rings. The molecule has 0 aromatic carbocycles. The molecule has 4 rings (SSSR count). The molecule has 0 spiro atoms. The molecule has 3 saturated heterocycles. The molecule has 3 atom stereocenters. The van der Waals surface area contributed by atoms with Crippen LogP contribution < -0.4 is 0 Å². The lowest BCUT2D eigenvalue weighted by molar-refractivity contribution is -0.387. The van der Waals surface area contributed by atoms with Crippen molar-refractivity contribution in [1.29, 1.82) is 0 Å². The number of hydrazone groups is 1. The molecule has 0 radical (unpaired) electrons. The van der Waals surface area contributed by atoms with E-state index in [-0.39, 0.29) is 18.3 Å². The zero-order valence-corrected chi connectivity index (χ0v) is 11.4. The number of hydrazine groups is 1. The minimum Gasteiger partial charge on any atom is -0.474 e. The molecular formula is C12H17N3O6. The molecule has 0 N–H and O–H groups in total. The molecule has 0 aliphatic carbocycles. The molecule has 116 valence electrons. The summed E-state index contributed by atoms with van der Waals surface area (Å²) in [5.74, 6) is 0.449. The van der Waals surface area contributed by atoms with Gasteiger partial charge in [0.1, 0.15) is 38.1 Å². The maximum absolute atomic E-state index is 5.55. The number of hydrogen-bond acceptors (Lipinski definition) is 9. The van der Waals surface area contributed by atoms with Crippen LogP contribution in [0.25, 0.3) is 0 Å². The van der Waals surface area contributed by atoms with E-state index in [0.29, 0.717) is 32.3 Å². The molecular weight excluding hydrogens is 282 g/mol. The van der Waals surface area contributed by atoms with Crippen molar-refractivity contribution in [3.05, 3.63) is 12.3 Å².